The highest BCUT2D eigenvalue weighted by Gasteiger charge is 2.63. The van der Waals surface area contributed by atoms with E-state index in [1.807, 2.05) is 0 Å². The molecule has 0 heterocycles. The molecule has 0 aromatic rings. The fraction of sp³-hybridized carbons (Fsp3) is 0.500. The number of carbonyl (C=O) groups excluding carboxylic acids is 1. The lowest BCUT2D eigenvalue weighted by Crippen LogP contribution is -2.64. The first kappa shape index (κ1) is 14.4. The highest BCUT2D eigenvalue weighted by atomic mass is 16.7. The summed E-state index contributed by atoms with van der Waals surface area (Å²) >= 11 is 0. The Bertz CT molecular complexity index is 389. The number of hydrogen-bond donors (Lipinski definition) is 1. The summed E-state index contributed by atoms with van der Waals surface area (Å²) in [4.78, 5) is 38.1. The van der Waals surface area contributed by atoms with Crippen molar-refractivity contribution in [3.63, 3.8) is 0 Å². The first-order valence-electron chi connectivity index (χ1n) is 4.02. The maximum absolute atomic E-state index is 11.1. The molecule has 0 aliphatic rings. The average molecular weight is 248 g/mol. The number of nitrogens with zero attached hydrogens (tertiary/aromatic N) is 3. The van der Waals surface area contributed by atoms with Crippen molar-refractivity contribution in [2.24, 2.45) is 0 Å². The molecule has 0 saturated carbocycles. The largest absolute Gasteiger partial charge is 0.608 e. The van der Waals surface area contributed by atoms with Gasteiger partial charge >= 0.3 is 12.3 Å². The molecule has 11 heteroatoms. The van der Waals surface area contributed by atoms with E-state index in [-0.39, 0.29) is 5.57 Å². The van der Waals surface area contributed by atoms with E-state index in [0.717, 1.165) is 6.92 Å². The summed E-state index contributed by atoms with van der Waals surface area (Å²) in [5.74, 6) is -4.60. The van der Waals surface area contributed by atoms with Gasteiger partial charge in [0.2, 0.25) is 0 Å². The highest BCUT2D eigenvalue weighted by Crippen LogP contribution is 2.09. The van der Waals surface area contributed by atoms with Crippen molar-refractivity contribution in [2.75, 3.05) is 6.54 Å². The molecule has 1 N–H and O–H groups in total. The molecular formula is C6H8N4O7. The van der Waals surface area contributed by atoms with E-state index in [0.29, 0.717) is 0 Å². The van der Waals surface area contributed by atoms with Crippen molar-refractivity contribution in [2.45, 2.75) is 12.7 Å². The maximum Gasteiger partial charge on any atom is 0.608 e. The van der Waals surface area contributed by atoms with Gasteiger partial charge in [-0.2, -0.15) is 0 Å². The van der Waals surface area contributed by atoms with Crippen LogP contribution in [-0.4, -0.2) is 33.0 Å². The molecule has 0 aromatic heterocycles. The van der Waals surface area contributed by atoms with Crippen LogP contribution >= 0.6 is 0 Å². The Labute approximate surface area is 93.5 Å². The second kappa shape index (κ2) is 4.96. The Morgan fingerprint density at radius 3 is 1.88 bits per heavy atom. The fourth-order valence-electron chi connectivity index (χ4n) is 0.781. The summed E-state index contributed by atoms with van der Waals surface area (Å²) in [6, 6.07) is 0. The number of nitrogens with one attached hydrogen (secondary N) is 1. The lowest BCUT2D eigenvalue weighted by Gasteiger charge is -2.14. The third-order valence-electron chi connectivity index (χ3n) is 1.65. The number of rotatable bonds is 6. The normalized spacial score (nSPS) is 10.4. The molecule has 0 aliphatic heterocycles. The van der Waals surface area contributed by atoms with Gasteiger partial charge in [-0.1, -0.05) is 6.58 Å². The van der Waals surface area contributed by atoms with E-state index in [9.17, 15) is 35.1 Å². The van der Waals surface area contributed by atoms with Crippen LogP contribution in [0.1, 0.15) is 6.92 Å². The summed E-state index contributed by atoms with van der Waals surface area (Å²) in [6.07, 6.45) is 0. The van der Waals surface area contributed by atoms with Crippen LogP contribution in [0.25, 0.3) is 0 Å². The van der Waals surface area contributed by atoms with Gasteiger partial charge in [0.1, 0.15) is 9.85 Å². The summed E-state index contributed by atoms with van der Waals surface area (Å²) < 4.78 is 0. The van der Waals surface area contributed by atoms with Crippen LogP contribution in [0.15, 0.2) is 12.2 Å². The molecule has 0 saturated heterocycles. The summed E-state index contributed by atoms with van der Waals surface area (Å²) in [6.45, 7) is 2.58. The number of hydrogen-bond acceptors (Lipinski definition) is 7. The van der Waals surface area contributed by atoms with Crippen molar-refractivity contribution in [3.8, 4) is 0 Å². The monoisotopic (exact) mass is 248 g/mol. The van der Waals surface area contributed by atoms with Gasteiger partial charge in [-0.15, -0.1) is 0 Å². The summed E-state index contributed by atoms with van der Waals surface area (Å²) in [5.41, 5.74) is -0.249. The van der Waals surface area contributed by atoms with E-state index >= 15 is 0 Å². The van der Waals surface area contributed by atoms with Gasteiger partial charge in [-0.25, -0.2) is 5.32 Å². The minimum Gasteiger partial charge on any atom is -0.269 e. The van der Waals surface area contributed by atoms with E-state index in [1.165, 1.54) is 5.32 Å². The quantitative estimate of drug-likeness (QED) is 0.277. The Morgan fingerprint density at radius 2 is 1.65 bits per heavy atom. The van der Waals surface area contributed by atoms with Crippen molar-refractivity contribution in [3.05, 3.63) is 42.5 Å². The molecule has 0 atom stereocenters. The van der Waals surface area contributed by atoms with E-state index in [2.05, 4.69) is 6.58 Å². The van der Waals surface area contributed by atoms with Crippen molar-refractivity contribution in [1.82, 2.24) is 5.32 Å². The topological polar surface area (TPSA) is 159 Å². The van der Waals surface area contributed by atoms with Crippen LogP contribution in [0.2, 0.25) is 0 Å². The van der Waals surface area contributed by atoms with Crippen molar-refractivity contribution in [1.29, 1.82) is 0 Å². The first-order chi connectivity index (χ1) is 7.63. The van der Waals surface area contributed by atoms with E-state index in [1.54, 1.807) is 0 Å². The Balaban J connectivity index is 5.41. The molecule has 0 bridgehead atoms. The lowest BCUT2D eigenvalue weighted by molar-refractivity contribution is -0.825. The van der Waals surface area contributed by atoms with Crippen LogP contribution in [0.4, 0.5) is 0 Å². The van der Waals surface area contributed by atoms with Crippen LogP contribution < -0.4 is 5.32 Å². The van der Waals surface area contributed by atoms with Crippen LogP contribution in [0.3, 0.4) is 0 Å². The van der Waals surface area contributed by atoms with Gasteiger partial charge < -0.3 is 0 Å². The maximum atomic E-state index is 11.1. The van der Waals surface area contributed by atoms with Gasteiger partial charge in [0.15, 0.2) is 0 Å². The lowest BCUT2D eigenvalue weighted by atomic mass is 10.3. The molecule has 0 radical (unpaired) electrons. The van der Waals surface area contributed by atoms with Crippen molar-refractivity contribution >= 4 is 5.91 Å². The molecule has 0 spiro atoms. The van der Waals surface area contributed by atoms with E-state index < -0.39 is 33.0 Å². The van der Waals surface area contributed by atoms with Gasteiger partial charge in [-0.05, 0) is 6.92 Å². The van der Waals surface area contributed by atoms with Gasteiger partial charge in [0, 0.05) is 10.5 Å². The molecule has 1 amide bonds. The molecule has 94 valence electrons. The minimum atomic E-state index is -3.39. The standard InChI is InChI=1S/C6H8N4O7/c1-4(2)5(11)7-6(9(14)15,10(16)17)3-8(12)13/h1,3H2,2H3,(H,7,11). The molecule has 11 nitrogen and oxygen atoms in total. The van der Waals surface area contributed by atoms with Gasteiger partial charge in [-0.3, -0.25) is 35.1 Å². The first-order valence-corrected chi connectivity index (χ1v) is 4.02. The minimum absolute atomic E-state index is 0.249. The Morgan fingerprint density at radius 1 is 1.24 bits per heavy atom. The van der Waals surface area contributed by atoms with Crippen LogP contribution in [0.5, 0.6) is 0 Å². The third-order valence-corrected chi connectivity index (χ3v) is 1.65. The zero-order valence-corrected chi connectivity index (χ0v) is 8.61. The predicted octanol–water partition coefficient (Wildman–Crippen LogP) is -0.837. The summed E-state index contributed by atoms with van der Waals surface area (Å²) in [5, 5.41) is 32.7. The predicted molar refractivity (Wildman–Crippen MR) is 51.5 cm³/mol. The van der Waals surface area contributed by atoms with Crippen LogP contribution in [0, 0.1) is 30.3 Å². The van der Waals surface area contributed by atoms with Crippen LogP contribution in [-0.2, 0) is 4.79 Å². The molecule has 0 aliphatic carbocycles. The second-order valence-electron chi connectivity index (χ2n) is 3.06. The summed E-state index contributed by atoms with van der Waals surface area (Å²) in [7, 11) is 0. The molecule has 0 rings (SSSR count). The average Bonchev–Trinajstić information content (AvgIpc) is 2.14. The number of nitro groups is 3. The Kier molecular flexibility index (Phi) is 4.20. The highest BCUT2D eigenvalue weighted by molar-refractivity contribution is 5.92. The molecular weight excluding hydrogens is 240 g/mol. The van der Waals surface area contributed by atoms with Crippen molar-refractivity contribution < 1.29 is 19.6 Å². The van der Waals surface area contributed by atoms with Gasteiger partial charge in [0.05, 0.1) is 0 Å². The number of carbonyl (C=O) groups is 1. The Hall–Kier alpha value is -2.59. The van der Waals surface area contributed by atoms with E-state index in [4.69, 9.17) is 0 Å². The van der Waals surface area contributed by atoms with Gasteiger partial charge in [0.25, 0.3) is 5.91 Å². The molecule has 0 fully saturated rings. The third kappa shape index (κ3) is 3.19. The zero-order chi connectivity index (χ0) is 13.8. The zero-order valence-electron chi connectivity index (χ0n) is 8.61. The smallest absolute Gasteiger partial charge is 0.269 e. The number of amides is 1. The molecule has 0 unspecified atom stereocenters. The molecule has 17 heavy (non-hydrogen) atoms. The molecule has 0 aromatic carbocycles. The fourth-order valence-corrected chi connectivity index (χ4v) is 0.781. The SMILES string of the molecule is C=C(C)C(=O)NC(C[N+](=O)[O-])([N+](=O)[O-])[N+](=O)[O-]. The second-order valence-corrected chi connectivity index (χ2v) is 3.06.